The second-order valence-corrected chi connectivity index (χ2v) is 6.40. The van der Waals surface area contributed by atoms with E-state index in [0.717, 1.165) is 10.9 Å². The Labute approximate surface area is 137 Å². The highest BCUT2D eigenvalue weighted by Crippen LogP contribution is 2.23. The van der Waals surface area contributed by atoms with E-state index in [0.29, 0.717) is 17.9 Å². The van der Waals surface area contributed by atoms with Crippen molar-refractivity contribution in [1.29, 1.82) is 0 Å². The van der Waals surface area contributed by atoms with Crippen LogP contribution in [0, 0.1) is 11.7 Å². The van der Waals surface area contributed by atoms with Crippen LogP contribution < -0.4 is 0 Å². The van der Waals surface area contributed by atoms with Gasteiger partial charge in [-0.1, -0.05) is 51.8 Å². The Morgan fingerprint density at radius 1 is 1.10 bits per heavy atom. The molecule has 0 bridgehead atoms. The van der Waals surface area contributed by atoms with E-state index in [1.807, 2.05) is 12.1 Å². The van der Waals surface area contributed by atoms with Gasteiger partial charge < -0.3 is 0 Å². The fourth-order valence-corrected chi connectivity index (χ4v) is 3.05. The van der Waals surface area contributed by atoms with E-state index in [1.54, 1.807) is 18.2 Å². The van der Waals surface area contributed by atoms with Gasteiger partial charge in [0, 0.05) is 10.4 Å². The fraction of sp³-hybridized carbons (Fsp3) is 0.250. The number of rotatable bonds is 5. The van der Waals surface area contributed by atoms with Crippen molar-refractivity contribution in [3.05, 3.63) is 68.9 Å². The molecule has 0 radical (unpaired) electrons. The molecule has 0 amide bonds. The van der Waals surface area contributed by atoms with Gasteiger partial charge in [0.05, 0.1) is 5.02 Å². The lowest BCUT2D eigenvalue weighted by atomic mass is 9.94. The number of hydrogen-bond donors (Lipinski definition) is 0. The van der Waals surface area contributed by atoms with Crippen LogP contribution in [-0.2, 0) is 12.8 Å². The van der Waals surface area contributed by atoms with Crippen LogP contribution in [0.1, 0.15) is 11.1 Å². The molecule has 0 aliphatic heterocycles. The molecule has 0 aliphatic carbocycles. The first-order valence-corrected chi connectivity index (χ1v) is 8.04. The molecular formula is C16H14BrCl2F. The Morgan fingerprint density at radius 2 is 1.85 bits per heavy atom. The Bertz CT molecular complexity index is 586. The molecule has 1 unspecified atom stereocenters. The Balaban J connectivity index is 2.11. The van der Waals surface area contributed by atoms with Crippen LogP contribution in [0.4, 0.5) is 4.39 Å². The average Bonchev–Trinajstić information content (AvgIpc) is 2.43. The molecule has 0 aliphatic rings. The summed E-state index contributed by atoms with van der Waals surface area (Å²) in [5.41, 5.74) is 1.81. The maximum atomic E-state index is 13.9. The molecule has 0 saturated carbocycles. The van der Waals surface area contributed by atoms with E-state index < -0.39 is 0 Å². The lowest BCUT2D eigenvalue weighted by Gasteiger charge is -2.15. The molecule has 0 aromatic heterocycles. The number of alkyl halides is 1. The van der Waals surface area contributed by atoms with E-state index >= 15 is 0 Å². The van der Waals surface area contributed by atoms with Gasteiger partial charge in [-0.05, 0) is 48.1 Å². The minimum atomic E-state index is -0.335. The van der Waals surface area contributed by atoms with Crippen LogP contribution in [0.2, 0.25) is 5.02 Å². The van der Waals surface area contributed by atoms with E-state index in [9.17, 15) is 4.39 Å². The lowest BCUT2D eigenvalue weighted by Crippen LogP contribution is -2.11. The average molecular weight is 376 g/mol. The van der Waals surface area contributed by atoms with Gasteiger partial charge in [-0.2, -0.15) is 0 Å². The summed E-state index contributed by atoms with van der Waals surface area (Å²) in [4.78, 5) is 0. The van der Waals surface area contributed by atoms with Crippen molar-refractivity contribution in [2.45, 2.75) is 12.8 Å². The number of halogens is 4. The normalized spacial score (nSPS) is 12.4. The molecule has 0 nitrogen and oxygen atoms in total. The maximum absolute atomic E-state index is 13.9. The van der Waals surface area contributed by atoms with Crippen LogP contribution in [-0.4, -0.2) is 5.88 Å². The molecule has 0 saturated heterocycles. The first-order valence-electron chi connectivity index (χ1n) is 6.33. The van der Waals surface area contributed by atoms with E-state index in [-0.39, 0.29) is 16.8 Å². The second-order valence-electron chi connectivity index (χ2n) is 4.77. The summed E-state index contributed by atoms with van der Waals surface area (Å²) >= 11 is 15.3. The number of hydrogen-bond acceptors (Lipinski definition) is 0. The summed E-state index contributed by atoms with van der Waals surface area (Å²) in [7, 11) is 0. The molecular weight excluding hydrogens is 362 g/mol. The lowest BCUT2D eigenvalue weighted by molar-refractivity contribution is 0.546. The summed E-state index contributed by atoms with van der Waals surface area (Å²) in [6.45, 7) is 0. The predicted molar refractivity (Wildman–Crippen MR) is 87.2 cm³/mol. The quantitative estimate of drug-likeness (QED) is 0.572. The van der Waals surface area contributed by atoms with Gasteiger partial charge in [0.1, 0.15) is 5.82 Å². The molecule has 2 aromatic carbocycles. The van der Waals surface area contributed by atoms with Crippen LogP contribution in [0.5, 0.6) is 0 Å². The van der Waals surface area contributed by atoms with Crippen molar-refractivity contribution >= 4 is 39.1 Å². The molecule has 0 heterocycles. The topological polar surface area (TPSA) is 0 Å². The van der Waals surface area contributed by atoms with Crippen LogP contribution in [0.15, 0.2) is 46.9 Å². The van der Waals surface area contributed by atoms with Crippen molar-refractivity contribution in [2.24, 2.45) is 5.92 Å². The zero-order valence-electron chi connectivity index (χ0n) is 10.8. The molecule has 106 valence electrons. The van der Waals surface area contributed by atoms with E-state index in [4.69, 9.17) is 23.2 Å². The first-order chi connectivity index (χ1) is 9.60. The molecule has 1 atom stereocenters. The third-order valence-corrected chi connectivity index (χ3v) is 4.39. The highest BCUT2D eigenvalue weighted by Gasteiger charge is 2.14. The third kappa shape index (κ3) is 4.21. The van der Waals surface area contributed by atoms with E-state index in [1.165, 1.54) is 5.56 Å². The van der Waals surface area contributed by atoms with Crippen LogP contribution in [0.25, 0.3) is 0 Å². The Hall–Kier alpha value is -0.570. The molecule has 4 heteroatoms. The van der Waals surface area contributed by atoms with Crippen molar-refractivity contribution in [1.82, 2.24) is 0 Å². The van der Waals surface area contributed by atoms with Crippen molar-refractivity contribution in [3.8, 4) is 0 Å². The van der Waals surface area contributed by atoms with Crippen molar-refractivity contribution < 1.29 is 4.39 Å². The summed E-state index contributed by atoms with van der Waals surface area (Å²) in [6, 6.07) is 13.2. The van der Waals surface area contributed by atoms with Gasteiger partial charge in [0.2, 0.25) is 0 Å². The second kappa shape index (κ2) is 7.44. The Kier molecular flexibility index (Phi) is 5.88. The largest absolute Gasteiger partial charge is 0.205 e. The van der Waals surface area contributed by atoms with E-state index in [2.05, 4.69) is 28.1 Å². The van der Waals surface area contributed by atoms with Gasteiger partial charge >= 0.3 is 0 Å². The zero-order valence-corrected chi connectivity index (χ0v) is 13.8. The maximum Gasteiger partial charge on any atom is 0.144 e. The molecule has 2 aromatic rings. The SMILES string of the molecule is Fc1c(Cl)cccc1CC(CCl)Cc1cccc(Br)c1. The van der Waals surface area contributed by atoms with Gasteiger partial charge in [-0.15, -0.1) is 11.6 Å². The van der Waals surface area contributed by atoms with Crippen molar-refractivity contribution in [2.75, 3.05) is 5.88 Å². The highest BCUT2D eigenvalue weighted by molar-refractivity contribution is 9.10. The smallest absolute Gasteiger partial charge is 0.144 e. The highest BCUT2D eigenvalue weighted by atomic mass is 79.9. The first kappa shape index (κ1) is 15.8. The third-order valence-electron chi connectivity index (χ3n) is 3.17. The zero-order chi connectivity index (χ0) is 14.5. The molecule has 0 fully saturated rings. The minimum absolute atomic E-state index is 0.165. The fourth-order valence-electron chi connectivity index (χ4n) is 2.20. The monoisotopic (exact) mass is 374 g/mol. The summed E-state index contributed by atoms with van der Waals surface area (Å²) in [6.07, 6.45) is 1.40. The predicted octanol–water partition coefficient (Wildman–Crippen LogP) is 5.88. The van der Waals surface area contributed by atoms with Crippen LogP contribution in [0.3, 0.4) is 0 Å². The van der Waals surface area contributed by atoms with Gasteiger partial charge in [-0.25, -0.2) is 4.39 Å². The van der Waals surface area contributed by atoms with Gasteiger partial charge in [0.15, 0.2) is 0 Å². The standard InChI is InChI=1S/C16H14BrCl2F/c17-14-5-1-3-11(9-14)7-12(10-18)8-13-4-2-6-15(19)16(13)20/h1-6,9,12H,7-8,10H2. The summed E-state index contributed by atoms with van der Waals surface area (Å²) in [5, 5.41) is 0.165. The summed E-state index contributed by atoms with van der Waals surface area (Å²) in [5.74, 6) is 0.329. The van der Waals surface area contributed by atoms with Gasteiger partial charge in [-0.3, -0.25) is 0 Å². The Morgan fingerprint density at radius 3 is 2.55 bits per heavy atom. The molecule has 20 heavy (non-hydrogen) atoms. The molecule has 0 spiro atoms. The number of benzene rings is 2. The molecule has 2 rings (SSSR count). The van der Waals surface area contributed by atoms with Gasteiger partial charge in [0.25, 0.3) is 0 Å². The van der Waals surface area contributed by atoms with Crippen LogP contribution >= 0.6 is 39.1 Å². The molecule has 0 N–H and O–H groups in total. The minimum Gasteiger partial charge on any atom is -0.205 e. The van der Waals surface area contributed by atoms with Crippen molar-refractivity contribution in [3.63, 3.8) is 0 Å². The summed E-state index contributed by atoms with van der Waals surface area (Å²) < 4.78 is 15.0.